The molecule has 0 atom stereocenters. The quantitative estimate of drug-likeness (QED) is 0.725. The molecule has 0 N–H and O–H groups in total. The van der Waals surface area contributed by atoms with E-state index in [1.54, 1.807) is 0 Å². The van der Waals surface area contributed by atoms with Crippen molar-refractivity contribution >= 4 is 0 Å². The molecule has 2 aromatic rings. The van der Waals surface area contributed by atoms with E-state index in [0.29, 0.717) is 0 Å². The molecule has 0 aromatic heterocycles. The SMILES string of the molecule is CCc1ccc2c(c1)CCOc1cc(C)ccc1-2. The van der Waals surface area contributed by atoms with Crippen molar-refractivity contribution in [1.82, 2.24) is 0 Å². The molecule has 0 spiro atoms. The van der Waals surface area contributed by atoms with Gasteiger partial charge in [-0.25, -0.2) is 0 Å². The topological polar surface area (TPSA) is 9.23 Å². The van der Waals surface area contributed by atoms with Crippen LogP contribution in [0.3, 0.4) is 0 Å². The summed E-state index contributed by atoms with van der Waals surface area (Å²) in [5.41, 5.74) is 6.64. The van der Waals surface area contributed by atoms with Gasteiger partial charge in [0.05, 0.1) is 6.61 Å². The molecular weight excluding hydrogens is 220 g/mol. The molecule has 0 saturated heterocycles. The summed E-state index contributed by atoms with van der Waals surface area (Å²) in [6.07, 6.45) is 2.09. The first-order valence-corrected chi connectivity index (χ1v) is 6.63. The summed E-state index contributed by atoms with van der Waals surface area (Å²) in [6, 6.07) is 13.3. The first-order chi connectivity index (χ1) is 8.78. The van der Waals surface area contributed by atoms with Gasteiger partial charge in [0.1, 0.15) is 5.75 Å². The fraction of sp³-hybridized carbons (Fsp3) is 0.294. The van der Waals surface area contributed by atoms with E-state index in [2.05, 4.69) is 50.2 Å². The Morgan fingerprint density at radius 1 is 1.06 bits per heavy atom. The lowest BCUT2D eigenvalue weighted by atomic mass is 9.95. The minimum absolute atomic E-state index is 0.774. The van der Waals surface area contributed by atoms with E-state index >= 15 is 0 Å². The summed E-state index contributed by atoms with van der Waals surface area (Å²) in [4.78, 5) is 0. The average molecular weight is 238 g/mol. The van der Waals surface area contributed by atoms with Crippen molar-refractivity contribution in [2.24, 2.45) is 0 Å². The van der Waals surface area contributed by atoms with Crippen LogP contribution in [0.2, 0.25) is 0 Å². The summed E-state index contributed by atoms with van der Waals surface area (Å²) in [5.74, 6) is 1.03. The number of aryl methyl sites for hydroxylation is 2. The smallest absolute Gasteiger partial charge is 0.127 e. The highest BCUT2D eigenvalue weighted by atomic mass is 16.5. The van der Waals surface area contributed by atoms with Crippen LogP contribution < -0.4 is 4.74 Å². The van der Waals surface area contributed by atoms with Crippen molar-refractivity contribution in [3.8, 4) is 16.9 Å². The summed E-state index contributed by atoms with van der Waals surface area (Å²) < 4.78 is 5.89. The molecule has 1 heteroatoms. The highest BCUT2D eigenvalue weighted by Gasteiger charge is 2.15. The fourth-order valence-corrected chi connectivity index (χ4v) is 2.58. The fourth-order valence-electron chi connectivity index (χ4n) is 2.58. The van der Waals surface area contributed by atoms with Crippen LogP contribution in [-0.4, -0.2) is 6.61 Å². The highest BCUT2D eigenvalue weighted by molar-refractivity contribution is 5.74. The largest absolute Gasteiger partial charge is 0.493 e. The molecule has 0 amide bonds. The van der Waals surface area contributed by atoms with Crippen molar-refractivity contribution in [3.05, 3.63) is 53.1 Å². The maximum atomic E-state index is 5.89. The monoisotopic (exact) mass is 238 g/mol. The second-order valence-electron chi connectivity index (χ2n) is 4.94. The van der Waals surface area contributed by atoms with E-state index in [9.17, 15) is 0 Å². The molecule has 0 fully saturated rings. The van der Waals surface area contributed by atoms with E-state index < -0.39 is 0 Å². The summed E-state index contributed by atoms with van der Waals surface area (Å²) in [7, 11) is 0. The average Bonchev–Trinajstić information content (AvgIpc) is 2.56. The Kier molecular flexibility index (Phi) is 2.83. The predicted molar refractivity (Wildman–Crippen MR) is 75.2 cm³/mol. The number of benzene rings is 2. The minimum Gasteiger partial charge on any atom is -0.493 e. The third kappa shape index (κ3) is 1.90. The first kappa shape index (κ1) is 11.3. The third-order valence-electron chi connectivity index (χ3n) is 3.63. The van der Waals surface area contributed by atoms with Crippen molar-refractivity contribution in [1.29, 1.82) is 0 Å². The van der Waals surface area contributed by atoms with E-state index in [0.717, 1.165) is 25.2 Å². The number of hydrogen-bond donors (Lipinski definition) is 0. The van der Waals surface area contributed by atoms with Crippen LogP contribution >= 0.6 is 0 Å². The standard InChI is InChI=1S/C17H18O/c1-3-13-5-7-15-14(11-13)8-9-18-17-10-12(2)4-6-16(15)17/h4-7,10-11H,3,8-9H2,1-2H3. The molecule has 92 valence electrons. The van der Waals surface area contributed by atoms with Gasteiger partial charge in [-0.3, -0.25) is 0 Å². The molecule has 1 aliphatic rings. The molecule has 0 bridgehead atoms. The van der Waals surface area contributed by atoms with Crippen molar-refractivity contribution in [2.75, 3.05) is 6.61 Å². The molecule has 2 aromatic carbocycles. The van der Waals surface area contributed by atoms with Crippen LogP contribution in [0.4, 0.5) is 0 Å². The molecule has 0 unspecified atom stereocenters. The lowest BCUT2D eigenvalue weighted by Gasteiger charge is -2.10. The van der Waals surface area contributed by atoms with Crippen LogP contribution in [-0.2, 0) is 12.8 Å². The summed E-state index contributed by atoms with van der Waals surface area (Å²) >= 11 is 0. The minimum atomic E-state index is 0.774. The molecule has 0 radical (unpaired) electrons. The Balaban J connectivity index is 2.18. The lowest BCUT2D eigenvalue weighted by Crippen LogP contribution is -1.99. The van der Waals surface area contributed by atoms with Crippen LogP contribution in [0, 0.1) is 6.92 Å². The van der Waals surface area contributed by atoms with E-state index in [-0.39, 0.29) is 0 Å². The van der Waals surface area contributed by atoms with Crippen LogP contribution in [0.25, 0.3) is 11.1 Å². The Labute approximate surface area is 108 Å². The molecule has 0 saturated carbocycles. The van der Waals surface area contributed by atoms with E-state index in [4.69, 9.17) is 4.74 Å². The molecule has 3 rings (SSSR count). The Bertz CT molecular complexity index is 584. The van der Waals surface area contributed by atoms with Gasteiger partial charge in [0.2, 0.25) is 0 Å². The predicted octanol–water partition coefficient (Wildman–Crippen LogP) is 4.16. The van der Waals surface area contributed by atoms with Crippen LogP contribution in [0.15, 0.2) is 36.4 Å². The van der Waals surface area contributed by atoms with Crippen LogP contribution in [0.5, 0.6) is 5.75 Å². The lowest BCUT2D eigenvalue weighted by molar-refractivity contribution is 0.326. The zero-order valence-electron chi connectivity index (χ0n) is 11.0. The normalized spacial score (nSPS) is 13.2. The van der Waals surface area contributed by atoms with Gasteiger partial charge < -0.3 is 4.74 Å². The molecule has 18 heavy (non-hydrogen) atoms. The van der Waals surface area contributed by atoms with Gasteiger partial charge in [-0.05, 0) is 41.7 Å². The maximum absolute atomic E-state index is 5.89. The van der Waals surface area contributed by atoms with Crippen molar-refractivity contribution < 1.29 is 4.74 Å². The third-order valence-corrected chi connectivity index (χ3v) is 3.63. The molecular formula is C17H18O. The number of rotatable bonds is 1. The Hall–Kier alpha value is -1.76. The van der Waals surface area contributed by atoms with Gasteiger partial charge in [0.25, 0.3) is 0 Å². The number of ether oxygens (including phenoxy) is 1. The van der Waals surface area contributed by atoms with Crippen LogP contribution in [0.1, 0.15) is 23.6 Å². The summed E-state index contributed by atoms with van der Waals surface area (Å²) in [5, 5.41) is 0. The Morgan fingerprint density at radius 2 is 1.89 bits per heavy atom. The zero-order valence-corrected chi connectivity index (χ0v) is 11.0. The van der Waals surface area contributed by atoms with Gasteiger partial charge >= 0.3 is 0 Å². The van der Waals surface area contributed by atoms with Gasteiger partial charge in [0, 0.05) is 12.0 Å². The summed E-state index contributed by atoms with van der Waals surface area (Å²) in [6.45, 7) is 5.08. The van der Waals surface area contributed by atoms with Crippen molar-refractivity contribution in [2.45, 2.75) is 26.7 Å². The molecule has 1 heterocycles. The second-order valence-corrected chi connectivity index (χ2v) is 4.94. The molecule has 0 aliphatic carbocycles. The highest BCUT2D eigenvalue weighted by Crippen LogP contribution is 2.36. The maximum Gasteiger partial charge on any atom is 0.127 e. The van der Waals surface area contributed by atoms with E-state index in [1.165, 1.54) is 27.8 Å². The molecule has 1 aliphatic heterocycles. The Morgan fingerprint density at radius 3 is 2.72 bits per heavy atom. The second kappa shape index (κ2) is 4.49. The van der Waals surface area contributed by atoms with Gasteiger partial charge in [0.15, 0.2) is 0 Å². The number of fused-ring (bicyclic) bond motifs is 3. The van der Waals surface area contributed by atoms with Crippen molar-refractivity contribution in [3.63, 3.8) is 0 Å². The number of hydrogen-bond acceptors (Lipinski definition) is 1. The van der Waals surface area contributed by atoms with Gasteiger partial charge in [-0.15, -0.1) is 0 Å². The molecule has 1 nitrogen and oxygen atoms in total. The zero-order chi connectivity index (χ0) is 12.5. The van der Waals surface area contributed by atoms with Gasteiger partial charge in [-0.1, -0.05) is 37.3 Å². The first-order valence-electron chi connectivity index (χ1n) is 6.63. The van der Waals surface area contributed by atoms with Gasteiger partial charge in [-0.2, -0.15) is 0 Å². The van der Waals surface area contributed by atoms with E-state index in [1.807, 2.05) is 0 Å².